The molecule has 0 spiro atoms. The molecular formula is C14H23NO4. The fraction of sp³-hybridized carbons (Fsp3) is 0.857. The number of aliphatic hydroxyl groups excluding tert-OH is 1. The minimum absolute atomic E-state index is 0.0165. The van der Waals surface area contributed by atoms with Gasteiger partial charge in [0.05, 0.1) is 11.8 Å². The van der Waals surface area contributed by atoms with Gasteiger partial charge in [-0.2, -0.15) is 0 Å². The maximum Gasteiger partial charge on any atom is 0.307 e. The Hall–Kier alpha value is -1.10. The largest absolute Gasteiger partial charge is 0.481 e. The predicted octanol–water partition coefficient (Wildman–Crippen LogP) is 1.01. The number of carbonyl (C=O) groups is 2. The summed E-state index contributed by atoms with van der Waals surface area (Å²) in [4.78, 5) is 23.5. The van der Waals surface area contributed by atoms with Gasteiger partial charge in [0.1, 0.15) is 0 Å². The SMILES string of the molecule is CC1C[C@H](C(=O)NC2CCCC2CO)[C@H](C(=O)O)C1. The van der Waals surface area contributed by atoms with Gasteiger partial charge in [0.25, 0.3) is 0 Å². The van der Waals surface area contributed by atoms with Crippen molar-refractivity contribution in [3.63, 3.8) is 0 Å². The summed E-state index contributed by atoms with van der Waals surface area (Å²) < 4.78 is 0. The van der Waals surface area contributed by atoms with Crippen LogP contribution in [0.2, 0.25) is 0 Å². The molecule has 2 saturated carbocycles. The van der Waals surface area contributed by atoms with Crippen molar-refractivity contribution < 1.29 is 19.8 Å². The van der Waals surface area contributed by atoms with Gasteiger partial charge in [0.15, 0.2) is 0 Å². The van der Waals surface area contributed by atoms with E-state index in [2.05, 4.69) is 5.32 Å². The van der Waals surface area contributed by atoms with Crippen molar-refractivity contribution in [1.82, 2.24) is 5.32 Å². The standard InChI is InChI=1S/C14H23NO4/c1-8-5-10(11(6-8)14(18)19)13(17)15-12-4-2-3-9(12)7-16/h8-12,16H,2-7H2,1H3,(H,15,17)(H,18,19)/t8?,9?,10-,11+,12?/m0/s1. The van der Waals surface area contributed by atoms with Crippen LogP contribution in [0.15, 0.2) is 0 Å². The van der Waals surface area contributed by atoms with E-state index in [9.17, 15) is 19.8 Å². The normalized spacial score (nSPS) is 38.3. The van der Waals surface area contributed by atoms with Crippen molar-refractivity contribution in [1.29, 1.82) is 0 Å². The van der Waals surface area contributed by atoms with Crippen molar-refractivity contribution in [3.05, 3.63) is 0 Å². The van der Waals surface area contributed by atoms with Gasteiger partial charge in [-0.3, -0.25) is 9.59 Å². The molecule has 0 aromatic rings. The molecule has 0 aromatic carbocycles. The first kappa shape index (κ1) is 14.3. The second-order valence-corrected chi connectivity index (χ2v) is 6.12. The molecule has 0 radical (unpaired) electrons. The minimum atomic E-state index is -0.866. The molecule has 5 nitrogen and oxygen atoms in total. The fourth-order valence-corrected chi connectivity index (χ4v) is 3.59. The molecule has 5 atom stereocenters. The highest BCUT2D eigenvalue weighted by molar-refractivity contribution is 5.85. The Labute approximate surface area is 113 Å². The summed E-state index contributed by atoms with van der Waals surface area (Å²) in [6.07, 6.45) is 4.07. The van der Waals surface area contributed by atoms with Crippen LogP contribution in [0.3, 0.4) is 0 Å². The van der Waals surface area contributed by atoms with Crippen LogP contribution in [0, 0.1) is 23.7 Å². The molecule has 0 heterocycles. The van der Waals surface area contributed by atoms with Crippen LogP contribution >= 0.6 is 0 Å². The maximum absolute atomic E-state index is 12.3. The molecule has 0 aromatic heterocycles. The van der Waals surface area contributed by atoms with Gasteiger partial charge in [-0.15, -0.1) is 0 Å². The van der Waals surface area contributed by atoms with Gasteiger partial charge in [-0.05, 0) is 31.6 Å². The van der Waals surface area contributed by atoms with Crippen LogP contribution in [-0.2, 0) is 9.59 Å². The fourth-order valence-electron chi connectivity index (χ4n) is 3.59. The predicted molar refractivity (Wildman–Crippen MR) is 69.4 cm³/mol. The summed E-state index contributed by atoms with van der Waals surface area (Å²) in [5, 5.41) is 21.4. The average Bonchev–Trinajstić information content (AvgIpc) is 2.95. The van der Waals surface area contributed by atoms with Crippen LogP contribution in [0.5, 0.6) is 0 Å². The van der Waals surface area contributed by atoms with E-state index in [1.165, 1.54) is 0 Å². The molecule has 0 bridgehead atoms. The maximum atomic E-state index is 12.3. The molecule has 3 N–H and O–H groups in total. The highest BCUT2D eigenvalue weighted by Crippen LogP contribution is 2.37. The molecule has 108 valence electrons. The van der Waals surface area contributed by atoms with E-state index in [1.807, 2.05) is 6.92 Å². The number of hydrogen-bond donors (Lipinski definition) is 3. The molecule has 1 amide bonds. The van der Waals surface area contributed by atoms with Crippen LogP contribution in [0.4, 0.5) is 0 Å². The highest BCUT2D eigenvalue weighted by Gasteiger charge is 2.42. The second kappa shape index (κ2) is 5.90. The third kappa shape index (κ3) is 3.08. The average molecular weight is 269 g/mol. The van der Waals surface area contributed by atoms with E-state index in [1.54, 1.807) is 0 Å². The summed E-state index contributed by atoms with van der Waals surface area (Å²) in [5.41, 5.74) is 0. The molecular weight excluding hydrogens is 246 g/mol. The van der Waals surface area contributed by atoms with Gasteiger partial charge in [-0.25, -0.2) is 0 Å². The zero-order valence-electron chi connectivity index (χ0n) is 11.3. The molecule has 0 saturated heterocycles. The number of hydrogen-bond acceptors (Lipinski definition) is 3. The van der Waals surface area contributed by atoms with Gasteiger partial charge in [0.2, 0.25) is 5.91 Å². The molecule has 2 fully saturated rings. The zero-order valence-corrected chi connectivity index (χ0v) is 11.3. The lowest BCUT2D eigenvalue weighted by Gasteiger charge is -2.22. The van der Waals surface area contributed by atoms with E-state index in [0.717, 1.165) is 19.3 Å². The summed E-state index contributed by atoms with van der Waals surface area (Å²) in [7, 11) is 0. The molecule has 19 heavy (non-hydrogen) atoms. The summed E-state index contributed by atoms with van der Waals surface area (Å²) in [6.45, 7) is 2.09. The lowest BCUT2D eigenvalue weighted by Crippen LogP contribution is -2.43. The van der Waals surface area contributed by atoms with Crippen LogP contribution in [0.25, 0.3) is 0 Å². The molecule has 2 aliphatic rings. The number of nitrogens with one attached hydrogen (secondary N) is 1. The number of carbonyl (C=O) groups excluding carboxylic acids is 1. The molecule has 0 aliphatic heterocycles. The Balaban J connectivity index is 1.97. The highest BCUT2D eigenvalue weighted by atomic mass is 16.4. The number of aliphatic carboxylic acids is 1. The van der Waals surface area contributed by atoms with Crippen molar-refractivity contribution >= 4 is 11.9 Å². The molecule has 2 aliphatic carbocycles. The Morgan fingerprint density at radius 2 is 1.89 bits per heavy atom. The molecule has 5 heteroatoms. The summed E-state index contributed by atoms with van der Waals surface area (Å²) in [6, 6.07) is 0.0165. The smallest absolute Gasteiger partial charge is 0.307 e. The van der Waals surface area contributed by atoms with Crippen LogP contribution in [0.1, 0.15) is 39.0 Å². The number of rotatable bonds is 4. The van der Waals surface area contributed by atoms with Gasteiger partial charge in [-0.1, -0.05) is 13.3 Å². The minimum Gasteiger partial charge on any atom is -0.481 e. The Morgan fingerprint density at radius 3 is 2.53 bits per heavy atom. The van der Waals surface area contributed by atoms with Crippen molar-refractivity contribution in [2.45, 2.75) is 45.1 Å². The lowest BCUT2D eigenvalue weighted by atomic mass is 9.94. The van der Waals surface area contributed by atoms with Crippen LogP contribution in [-0.4, -0.2) is 34.7 Å². The van der Waals surface area contributed by atoms with Gasteiger partial charge >= 0.3 is 5.97 Å². The van der Waals surface area contributed by atoms with E-state index in [-0.39, 0.29) is 30.4 Å². The third-order valence-electron chi connectivity index (χ3n) is 4.67. The zero-order chi connectivity index (χ0) is 14.0. The van der Waals surface area contributed by atoms with Crippen molar-refractivity contribution in [2.75, 3.05) is 6.61 Å². The lowest BCUT2D eigenvalue weighted by molar-refractivity contribution is -0.146. The monoisotopic (exact) mass is 269 g/mol. The van der Waals surface area contributed by atoms with Gasteiger partial charge < -0.3 is 15.5 Å². The first-order chi connectivity index (χ1) is 9.02. The first-order valence-corrected chi connectivity index (χ1v) is 7.17. The Bertz CT molecular complexity index is 357. The van der Waals surface area contributed by atoms with Crippen LogP contribution < -0.4 is 5.32 Å². The second-order valence-electron chi connectivity index (χ2n) is 6.12. The molecule has 2 rings (SSSR count). The third-order valence-corrected chi connectivity index (χ3v) is 4.67. The number of amides is 1. The Morgan fingerprint density at radius 1 is 1.21 bits per heavy atom. The van der Waals surface area contributed by atoms with E-state index < -0.39 is 17.8 Å². The summed E-state index contributed by atoms with van der Waals surface area (Å²) in [5.74, 6) is -1.55. The van der Waals surface area contributed by atoms with E-state index in [4.69, 9.17) is 0 Å². The van der Waals surface area contributed by atoms with E-state index in [0.29, 0.717) is 12.8 Å². The summed E-state index contributed by atoms with van der Waals surface area (Å²) >= 11 is 0. The van der Waals surface area contributed by atoms with Crippen molar-refractivity contribution in [3.8, 4) is 0 Å². The van der Waals surface area contributed by atoms with Gasteiger partial charge in [0, 0.05) is 18.6 Å². The quantitative estimate of drug-likeness (QED) is 0.711. The molecule has 3 unspecified atom stereocenters. The number of carboxylic acid groups (broad SMARTS) is 1. The first-order valence-electron chi connectivity index (χ1n) is 7.17. The Kier molecular flexibility index (Phi) is 4.45. The number of carboxylic acids is 1. The number of aliphatic hydroxyl groups is 1. The van der Waals surface area contributed by atoms with E-state index >= 15 is 0 Å². The van der Waals surface area contributed by atoms with Crippen molar-refractivity contribution in [2.24, 2.45) is 23.7 Å². The topological polar surface area (TPSA) is 86.6 Å².